The van der Waals surface area contributed by atoms with Gasteiger partial charge in [0.1, 0.15) is 12.4 Å². The molecule has 0 atom stereocenters. The molecule has 0 saturated heterocycles. The number of carbonyl (C=O) groups excluding carboxylic acids is 1. The van der Waals surface area contributed by atoms with Gasteiger partial charge in [0.25, 0.3) is 10.0 Å². The molecule has 5 nitrogen and oxygen atoms in total. The number of amides is 1. The molecule has 2 aromatic carbocycles. The molecule has 0 bridgehead atoms. The van der Waals surface area contributed by atoms with Crippen LogP contribution in [0.5, 0.6) is 0 Å². The molecule has 0 spiro atoms. The molecule has 0 unspecified atom stereocenters. The number of likely N-dealkylation sites (N-methyl/N-ethyl adjacent to an activating group) is 1. The van der Waals surface area contributed by atoms with Crippen LogP contribution in [-0.4, -0.2) is 38.9 Å². The van der Waals surface area contributed by atoms with Gasteiger partial charge in [0.15, 0.2) is 0 Å². The molecule has 0 aliphatic heterocycles. The van der Waals surface area contributed by atoms with Crippen LogP contribution >= 0.6 is 0 Å². The summed E-state index contributed by atoms with van der Waals surface area (Å²) in [6, 6.07) is 13.2. The summed E-state index contributed by atoms with van der Waals surface area (Å²) in [4.78, 5) is 14.0. The van der Waals surface area contributed by atoms with E-state index in [-0.39, 0.29) is 16.5 Å². The van der Waals surface area contributed by atoms with Crippen molar-refractivity contribution in [2.75, 3.05) is 23.9 Å². The Morgan fingerprint density at radius 3 is 2.08 bits per heavy atom. The molecule has 2 rings (SSSR count). The summed E-state index contributed by atoms with van der Waals surface area (Å²) in [6.45, 7) is 4.05. The van der Waals surface area contributed by atoms with E-state index in [0.29, 0.717) is 13.1 Å². The molecule has 0 aliphatic rings. The lowest BCUT2D eigenvalue weighted by Crippen LogP contribution is -2.43. The van der Waals surface area contributed by atoms with Crippen molar-refractivity contribution in [3.63, 3.8) is 0 Å². The Kier molecular flexibility index (Phi) is 6.14. The summed E-state index contributed by atoms with van der Waals surface area (Å²) >= 11 is 0. The third-order valence-electron chi connectivity index (χ3n) is 3.85. The predicted molar refractivity (Wildman–Crippen MR) is 95.3 cm³/mol. The van der Waals surface area contributed by atoms with Crippen LogP contribution in [0, 0.1) is 5.82 Å². The number of hydrogen-bond donors (Lipinski definition) is 0. The summed E-state index contributed by atoms with van der Waals surface area (Å²) in [5.74, 6) is -1.08. The number of anilines is 1. The van der Waals surface area contributed by atoms with Crippen LogP contribution in [0.4, 0.5) is 10.1 Å². The average molecular weight is 364 g/mol. The second kappa shape index (κ2) is 8.11. The summed E-state index contributed by atoms with van der Waals surface area (Å²) in [5.41, 5.74) is -0.146. The first-order valence-corrected chi connectivity index (χ1v) is 9.45. The molecule has 0 N–H and O–H groups in total. The lowest BCUT2D eigenvalue weighted by Gasteiger charge is -2.27. The maximum absolute atomic E-state index is 14.3. The Morgan fingerprint density at radius 2 is 1.52 bits per heavy atom. The molecule has 0 heterocycles. The van der Waals surface area contributed by atoms with Gasteiger partial charge in [-0.1, -0.05) is 30.3 Å². The summed E-state index contributed by atoms with van der Waals surface area (Å²) in [7, 11) is -4.08. The first-order chi connectivity index (χ1) is 11.9. The van der Waals surface area contributed by atoms with Gasteiger partial charge in [-0.05, 0) is 38.1 Å². The molecule has 0 aromatic heterocycles. The van der Waals surface area contributed by atoms with Gasteiger partial charge < -0.3 is 4.90 Å². The SMILES string of the molecule is CCN(CC)C(=O)CN(c1ccccc1F)S(=O)(=O)c1ccccc1. The minimum atomic E-state index is -4.08. The summed E-state index contributed by atoms with van der Waals surface area (Å²) in [6.07, 6.45) is 0. The zero-order valence-electron chi connectivity index (χ0n) is 14.2. The Hall–Kier alpha value is -2.41. The maximum atomic E-state index is 14.3. The van der Waals surface area contributed by atoms with Crippen LogP contribution in [0.25, 0.3) is 0 Å². The van der Waals surface area contributed by atoms with Gasteiger partial charge in [0.2, 0.25) is 5.91 Å². The molecule has 0 radical (unpaired) electrons. The van der Waals surface area contributed by atoms with Crippen LogP contribution in [0.15, 0.2) is 59.5 Å². The lowest BCUT2D eigenvalue weighted by atomic mass is 10.3. The number of carbonyl (C=O) groups is 1. The van der Waals surface area contributed by atoms with E-state index in [4.69, 9.17) is 0 Å². The molecule has 0 fully saturated rings. The highest BCUT2D eigenvalue weighted by molar-refractivity contribution is 7.92. The van der Waals surface area contributed by atoms with Crippen molar-refractivity contribution < 1.29 is 17.6 Å². The van der Waals surface area contributed by atoms with E-state index in [1.807, 2.05) is 0 Å². The van der Waals surface area contributed by atoms with Crippen molar-refractivity contribution in [1.29, 1.82) is 0 Å². The molecule has 0 aliphatic carbocycles. The van der Waals surface area contributed by atoms with Gasteiger partial charge in [0.05, 0.1) is 10.6 Å². The topological polar surface area (TPSA) is 57.7 Å². The van der Waals surface area contributed by atoms with Crippen molar-refractivity contribution in [2.45, 2.75) is 18.7 Å². The minimum Gasteiger partial charge on any atom is -0.342 e. The van der Waals surface area contributed by atoms with E-state index in [1.54, 1.807) is 32.0 Å². The van der Waals surface area contributed by atoms with E-state index in [1.165, 1.54) is 41.3 Å². The molecule has 7 heteroatoms. The Balaban J connectivity index is 2.50. The van der Waals surface area contributed by atoms with Crippen LogP contribution in [0.1, 0.15) is 13.8 Å². The predicted octanol–water partition coefficient (Wildman–Crippen LogP) is 2.89. The summed E-state index contributed by atoms with van der Waals surface area (Å²) in [5, 5.41) is 0. The van der Waals surface area contributed by atoms with Gasteiger partial charge in [-0.2, -0.15) is 0 Å². The van der Waals surface area contributed by atoms with Crippen LogP contribution in [-0.2, 0) is 14.8 Å². The molecule has 1 amide bonds. The third-order valence-corrected chi connectivity index (χ3v) is 5.62. The van der Waals surface area contributed by atoms with Crippen LogP contribution in [0.2, 0.25) is 0 Å². The Morgan fingerprint density at radius 1 is 0.960 bits per heavy atom. The first kappa shape index (κ1) is 18.9. The molecule has 2 aromatic rings. The largest absolute Gasteiger partial charge is 0.342 e. The van der Waals surface area contributed by atoms with E-state index < -0.39 is 22.4 Å². The second-order valence-corrected chi connectivity index (χ2v) is 7.20. The van der Waals surface area contributed by atoms with E-state index in [9.17, 15) is 17.6 Å². The van der Waals surface area contributed by atoms with Crippen molar-refractivity contribution in [1.82, 2.24) is 4.90 Å². The first-order valence-electron chi connectivity index (χ1n) is 8.01. The van der Waals surface area contributed by atoms with Gasteiger partial charge >= 0.3 is 0 Å². The molecular weight excluding hydrogens is 343 g/mol. The fraction of sp³-hybridized carbons (Fsp3) is 0.278. The van der Waals surface area contributed by atoms with Crippen molar-refractivity contribution in [3.05, 3.63) is 60.4 Å². The monoisotopic (exact) mass is 364 g/mol. The zero-order valence-corrected chi connectivity index (χ0v) is 15.0. The van der Waals surface area contributed by atoms with Gasteiger partial charge in [0, 0.05) is 13.1 Å². The molecular formula is C18H21FN2O3S. The summed E-state index contributed by atoms with van der Waals surface area (Å²) < 4.78 is 41.1. The molecule has 0 saturated carbocycles. The average Bonchev–Trinajstić information content (AvgIpc) is 2.62. The number of nitrogens with zero attached hydrogens (tertiary/aromatic N) is 2. The van der Waals surface area contributed by atoms with E-state index >= 15 is 0 Å². The van der Waals surface area contributed by atoms with Gasteiger partial charge in [-0.15, -0.1) is 0 Å². The number of rotatable bonds is 7. The van der Waals surface area contributed by atoms with Crippen LogP contribution in [0.3, 0.4) is 0 Å². The fourth-order valence-corrected chi connectivity index (χ4v) is 3.92. The quantitative estimate of drug-likeness (QED) is 0.759. The smallest absolute Gasteiger partial charge is 0.264 e. The van der Waals surface area contributed by atoms with Gasteiger partial charge in [-0.3, -0.25) is 9.10 Å². The standard InChI is InChI=1S/C18H21FN2O3S/c1-3-20(4-2)18(22)14-21(17-13-9-8-12-16(17)19)25(23,24)15-10-6-5-7-11-15/h5-13H,3-4,14H2,1-2H3. The molecule has 25 heavy (non-hydrogen) atoms. The number of hydrogen-bond acceptors (Lipinski definition) is 3. The van der Waals surface area contributed by atoms with Crippen molar-refractivity contribution in [2.24, 2.45) is 0 Å². The number of halogens is 1. The maximum Gasteiger partial charge on any atom is 0.264 e. The second-order valence-electron chi connectivity index (χ2n) is 5.34. The normalized spacial score (nSPS) is 11.2. The molecule has 134 valence electrons. The highest BCUT2D eigenvalue weighted by Gasteiger charge is 2.29. The fourth-order valence-electron chi connectivity index (χ4n) is 2.47. The van der Waals surface area contributed by atoms with Crippen molar-refractivity contribution in [3.8, 4) is 0 Å². The highest BCUT2D eigenvalue weighted by Crippen LogP contribution is 2.26. The lowest BCUT2D eigenvalue weighted by molar-refractivity contribution is -0.129. The highest BCUT2D eigenvalue weighted by atomic mass is 32.2. The van der Waals surface area contributed by atoms with Crippen molar-refractivity contribution >= 4 is 21.6 Å². The zero-order chi connectivity index (χ0) is 18.4. The Labute approximate surface area is 147 Å². The number of para-hydroxylation sites is 1. The minimum absolute atomic E-state index is 0.00519. The van der Waals surface area contributed by atoms with E-state index in [2.05, 4.69) is 0 Å². The van der Waals surface area contributed by atoms with E-state index in [0.717, 1.165) is 4.31 Å². The Bertz CT molecular complexity index is 821. The van der Waals surface area contributed by atoms with Gasteiger partial charge in [-0.25, -0.2) is 12.8 Å². The number of sulfonamides is 1. The number of benzene rings is 2. The van der Waals surface area contributed by atoms with Crippen LogP contribution < -0.4 is 4.31 Å². The third kappa shape index (κ3) is 4.17.